The second-order valence-corrected chi connectivity index (χ2v) is 7.48. The number of rotatable bonds is 4. The molecule has 1 aliphatic heterocycles. The summed E-state index contributed by atoms with van der Waals surface area (Å²) in [5.74, 6) is 0.567. The normalized spacial score (nSPS) is 19.9. The molecule has 7 heteroatoms. The number of benzene rings is 1. The Labute approximate surface area is 165 Å². The largest absolute Gasteiger partial charge is 0.348 e. The fraction of sp³-hybridized carbons (Fsp3) is 0.474. The minimum atomic E-state index is -0.0578. The summed E-state index contributed by atoms with van der Waals surface area (Å²) in [6, 6.07) is 7.66. The lowest BCUT2D eigenvalue weighted by atomic mass is 9.94. The van der Waals surface area contributed by atoms with Gasteiger partial charge in [-0.1, -0.05) is 38.4 Å². The van der Waals surface area contributed by atoms with Crippen LogP contribution in [0.25, 0.3) is 5.69 Å². The van der Waals surface area contributed by atoms with Gasteiger partial charge in [-0.2, -0.15) is 5.10 Å². The third kappa shape index (κ3) is 4.40. The van der Waals surface area contributed by atoms with Crippen LogP contribution in [0.1, 0.15) is 49.2 Å². The van der Waals surface area contributed by atoms with Crippen LogP contribution in [0.3, 0.4) is 0 Å². The van der Waals surface area contributed by atoms with Crippen LogP contribution in [0.15, 0.2) is 30.5 Å². The van der Waals surface area contributed by atoms with Gasteiger partial charge < -0.3 is 10.6 Å². The molecule has 1 aromatic carbocycles. The van der Waals surface area contributed by atoms with Gasteiger partial charge in [0.15, 0.2) is 0 Å². The first kappa shape index (κ1) is 20.7. The lowest BCUT2D eigenvalue weighted by Crippen LogP contribution is -2.50. The van der Waals surface area contributed by atoms with Crippen LogP contribution in [0.5, 0.6) is 0 Å². The van der Waals surface area contributed by atoms with Gasteiger partial charge >= 0.3 is 0 Å². The summed E-state index contributed by atoms with van der Waals surface area (Å²) in [6.45, 7) is 8.15. The highest BCUT2D eigenvalue weighted by atomic mass is 35.5. The maximum atomic E-state index is 12.9. The standard InChI is InChI=1S/C19H25ClN4O.ClH/c1-12(2)18-16(19(25)23-17-11-21-8-7-13(17)3)10-22-24(18)15-6-4-5-14(20)9-15;/h4-6,9-10,12-13,17,21H,7-8,11H2,1-3H3,(H,23,25);1H. The van der Waals surface area contributed by atoms with Gasteiger partial charge in [-0.3, -0.25) is 4.79 Å². The van der Waals surface area contributed by atoms with Crippen molar-refractivity contribution in [2.75, 3.05) is 13.1 Å². The molecule has 2 heterocycles. The third-order valence-corrected chi connectivity index (χ3v) is 5.03. The Balaban J connectivity index is 0.00000243. The van der Waals surface area contributed by atoms with Crippen molar-refractivity contribution in [3.8, 4) is 5.69 Å². The van der Waals surface area contributed by atoms with Gasteiger partial charge in [0.1, 0.15) is 0 Å². The number of halogens is 2. The van der Waals surface area contributed by atoms with Crippen molar-refractivity contribution in [2.24, 2.45) is 5.92 Å². The quantitative estimate of drug-likeness (QED) is 0.825. The van der Waals surface area contributed by atoms with Crippen molar-refractivity contribution < 1.29 is 4.79 Å². The molecule has 1 saturated heterocycles. The second kappa shape index (κ2) is 8.89. The number of amides is 1. The van der Waals surface area contributed by atoms with Gasteiger partial charge in [0.25, 0.3) is 5.91 Å². The molecule has 142 valence electrons. The maximum absolute atomic E-state index is 12.9. The van der Waals surface area contributed by atoms with E-state index in [1.54, 1.807) is 6.20 Å². The first-order valence-corrected chi connectivity index (χ1v) is 9.20. The van der Waals surface area contributed by atoms with Gasteiger partial charge in [-0.05, 0) is 43.0 Å². The van der Waals surface area contributed by atoms with E-state index < -0.39 is 0 Å². The van der Waals surface area contributed by atoms with Crippen molar-refractivity contribution in [1.82, 2.24) is 20.4 Å². The molecule has 2 unspecified atom stereocenters. The topological polar surface area (TPSA) is 59.0 Å². The van der Waals surface area contributed by atoms with E-state index in [0.717, 1.165) is 30.9 Å². The van der Waals surface area contributed by atoms with Gasteiger partial charge in [0.2, 0.25) is 0 Å². The number of hydrogen-bond donors (Lipinski definition) is 2. The van der Waals surface area contributed by atoms with E-state index in [1.807, 2.05) is 28.9 Å². The molecule has 2 aromatic rings. The summed E-state index contributed by atoms with van der Waals surface area (Å²) in [5, 5.41) is 11.6. The molecular weight excluding hydrogens is 371 g/mol. The number of hydrogen-bond acceptors (Lipinski definition) is 3. The minimum absolute atomic E-state index is 0. The average Bonchev–Trinajstić information content (AvgIpc) is 3.02. The number of carbonyl (C=O) groups is 1. The zero-order valence-corrected chi connectivity index (χ0v) is 16.9. The van der Waals surface area contributed by atoms with E-state index >= 15 is 0 Å². The van der Waals surface area contributed by atoms with Crippen molar-refractivity contribution in [1.29, 1.82) is 0 Å². The predicted molar refractivity (Wildman–Crippen MR) is 108 cm³/mol. The first-order chi connectivity index (χ1) is 12.0. The number of piperidine rings is 1. The Morgan fingerprint density at radius 2 is 2.19 bits per heavy atom. The first-order valence-electron chi connectivity index (χ1n) is 8.82. The lowest BCUT2D eigenvalue weighted by Gasteiger charge is -2.30. The molecule has 1 fully saturated rings. The molecule has 0 aliphatic carbocycles. The SMILES string of the molecule is CC(C)c1c(C(=O)NC2CNCCC2C)cnn1-c1cccc(Cl)c1.Cl. The molecule has 1 aromatic heterocycles. The van der Waals surface area contributed by atoms with Crippen LogP contribution in [0.2, 0.25) is 5.02 Å². The minimum Gasteiger partial charge on any atom is -0.348 e. The molecule has 0 saturated carbocycles. The molecule has 2 N–H and O–H groups in total. The van der Waals surface area contributed by atoms with E-state index in [9.17, 15) is 4.79 Å². The molecule has 0 bridgehead atoms. The van der Waals surface area contributed by atoms with Crippen molar-refractivity contribution in [3.63, 3.8) is 0 Å². The number of nitrogens with one attached hydrogen (secondary N) is 2. The third-order valence-electron chi connectivity index (χ3n) is 4.79. The highest BCUT2D eigenvalue weighted by molar-refractivity contribution is 6.30. The molecule has 2 atom stereocenters. The Bertz CT molecular complexity index is 760. The molecule has 3 rings (SSSR count). The van der Waals surface area contributed by atoms with E-state index in [-0.39, 0.29) is 30.3 Å². The zero-order valence-electron chi connectivity index (χ0n) is 15.3. The van der Waals surface area contributed by atoms with Crippen LogP contribution < -0.4 is 10.6 Å². The summed E-state index contributed by atoms with van der Waals surface area (Å²) >= 11 is 6.11. The number of nitrogens with zero attached hydrogens (tertiary/aromatic N) is 2. The van der Waals surface area contributed by atoms with E-state index in [0.29, 0.717) is 16.5 Å². The van der Waals surface area contributed by atoms with Gasteiger partial charge in [0.05, 0.1) is 23.1 Å². The highest BCUT2D eigenvalue weighted by Crippen LogP contribution is 2.25. The molecule has 5 nitrogen and oxygen atoms in total. The molecule has 0 radical (unpaired) electrons. The smallest absolute Gasteiger partial charge is 0.255 e. The van der Waals surface area contributed by atoms with Crippen LogP contribution in [0.4, 0.5) is 0 Å². The van der Waals surface area contributed by atoms with Crippen molar-refractivity contribution in [2.45, 2.75) is 39.2 Å². The predicted octanol–water partition coefficient (Wildman–Crippen LogP) is 3.80. The van der Waals surface area contributed by atoms with Gasteiger partial charge in [-0.15, -0.1) is 12.4 Å². The van der Waals surface area contributed by atoms with Crippen LogP contribution in [-0.4, -0.2) is 34.8 Å². The summed E-state index contributed by atoms with van der Waals surface area (Å²) in [4.78, 5) is 12.9. The Kier molecular flexibility index (Phi) is 7.09. The lowest BCUT2D eigenvalue weighted by molar-refractivity contribution is 0.0914. The molecule has 26 heavy (non-hydrogen) atoms. The Morgan fingerprint density at radius 3 is 2.85 bits per heavy atom. The summed E-state index contributed by atoms with van der Waals surface area (Å²) in [6.07, 6.45) is 2.73. The summed E-state index contributed by atoms with van der Waals surface area (Å²) < 4.78 is 1.81. The van der Waals surface area contributed by atoms with E-state index in [4.69, 9.17) is 11.6 Å². The maximum Gasteiger partial charge on any atom is 0.255 e. The van der Waals surface area contributed by atoms with Crippen molar-refractivity contribution >= 4 is 29.9 Å². The Morgan fingerprint density at radius 1 is 1.42 bits per heavy atom. The van der Waals surface area contributed by atoms with Gasteiger partial charge in [0, 0.05) is 17.6 Å². The monoisotopic (exact) mass is 396 g/mol. The highest BCUT2D eigenvalue weighted by Gasteiger charge is 2.26. The molecule has 1 aliphatic rings. The zero-order chi connectivity index (χ0) is 18.0. The number of carbonyl (C=O) groups excluding carboxylic acids is 1. The van der Waals surface area contributed by atoms with Crippen molar-refractivity contribution in [3.05, 3.63) is 46.7 Å². The van der Waals surface area contributed by atoms with Crippen LogP contribution >= 0.6 is 24.0 Å². The van der Waals surface area contributed by atoms with Gasteiger partial charge in [-0.25, -0.2) is 4.68 Å². The fourth-order valence-electron chi connectivity index (χ4n) is 3.33. The van der Waals surface area contributed by atoms with Crippen LogP contribution in [0, 0.1) is 5.92 Å². The molecular formula is C19H26Cl2N4O. The number of aromatic nitrogens is 2. The van der Waals surface area contributed by atoms with E-state index in [2.05, 4.69) is 36.5 Å². The fourth-order valence-corrected chi connectivity index (χ4v) is 3.52. The Hall–Kier alpha value is -1.56. The second-order valence-electron chi connectivity index (χ2n) is 7.04. The molecule has 0 spiro atoms. The molecule has 1 amide bonds. The van der Waals surface area contributed by atoms with Crippen LogP contribution in [-0.2, 0) is 0 Å². The average molecular weight is 397 g/mol. The summed E-state index contributed by atoms with van der Waals surface area (Å²) in [7, 11) is 0. The van der Waals surface area contributed by atoms with E-state index in [1.165, 1.54) is 0 Å². The summed E-state index contributed by atoms with van der Waals surface area (Å²) in [5.41, 5.74) is 2.40.